The van der Waals surface area contributed by atoms with Crippen LogP contribution in [0.4, 0.5) is 11.5 Å². The number of hydrogen-bond donors (Lipinski definition) is 0. The third-order valence-electron chi connectivity index (χ3n) is 6.07. The number of fused-ring (bicyclic) bond motifs is 3. The van der Waals surface area contributed by atoms with E-state index < -0.39 is 0 Å². The maximum atomic E-state index is 13.7. The van der Waals surface area contributed by atoms with Gasteiger partial charge in [0.05, 0.1) is 18.9 Å². The molecule has 1 fully saturated rings. The Balaban J connectivity index is 1.46. The lowest BCUT2D eigenvalue weighted by molar-refractivity contribution is 0.0532. The van der Waals surface area contributed by atoms with Crippen LogP contribution in [0.2, 0.25) is 0 Å². The van der Waals surface area contributed by atoms with E-state index in [-0.39, 0.29) is 11.9 Å². The molecule has 2 aliphatic heterocycles. The van der Waals surface area contributed by atoms with E-state index in [2.05, 4.69) is 4.90 Å². The lowest BCUT2D eigenvalue weighted by Crippen LogP contribution is -2.34. The molecule has 0 spiro atoms. The van der Waals surface area contributed by atoms with Gasteiger partial charge in [0.15, 0.2) is 0 Å². The second-order valence-electron chi connectivity index (χ2n) is 8.24. The van der Waals surface area contributed by atoms with Gasteiger partial charge in [-0.2, -0.15) is 0 Å². The van der Waals surface area contributed by atoms with Crippen LogP contribution in [0.3, 0.4) is 0 Å². The smallest absolute Gasteiger partial charge is 0.348 e. The zero-order valence-electron chi connectivity index (χ0n) is 19.2. The molecule has 7 nitrogen and oxygen atoms in total. The number of aromatic nitrogens is 1. The molecule has 5 rings (SSSR count). The van der Waals surface area contributed by atoms with Crippen molar-refractivity contribution in [1.82, 2.24) is 4.98 Å². The first-order valence-corrected chi connectivity index (χ1v) is 12.5. The van der Waals surface area contributed by atoms with Gasteiger partial charge >= 0.3 is 5.97 Å². The van der Waals surface area contributed by atoms with Crippen molar-refractivity contribution < 1.29 is 19.1 Å². The van der Waals surface area contributed by atoms with E-state index in [1.807, 2.05) is 47.4 Å². The first-order valence-electron chi connectivity index (χ1n) is 11.7. The molecule has 0 radical (unpaired) electrons. The van der Waals surface area contributed by atoms with Crippen molar-refractivity contribution in [3.63, 3.8) is 0 Å². The number of thiophene rings is 1. The first kappa shape index (κ1) is 22.6. The fourth-order valence-corrected chi connectivity index (χ4v) is 5.58. The predicted molar refractivity (Wildman–Crippen MR) is 133 cm³/mol. The summed E-state index contributed by atoms with van der Waals surface area (Å²) in [5.74, 6) is 0.379. The molecule has 0 unspecified atom stereocenters. The molecule has 0 N–H and O–H groups in total. The fourth-order valence-electron chi connectivity index (χ4n) is 4.44. The van der Waals surface area contributed by atoms with Crippen molar-refractivity contribution in [3.8, 4) is 10.4 Å². The number of ether oxygens (including phenoxy) is 2. The summed E-state index contributed by atoms with van der Waals surface area (Å²) in [6, 6.07) is 15.4. The normalized spacial score (nSPS) is 15.7. The topological polar surface area (TPSA) is 72.0 Å². The van der Waals surface area contributed by atoms with Crippen molar-refractivity contribution in [3.05, 3.63) is 64.7 Å². The minimum absolute atomic E-state index is 0.124. The molecule has 0 atom stereocenters. The van der Waals surface area contributed by atoms with E-state index >= 15 is 0 Å². The number of para-hydroxylation sites is 1. The minimum atomic E-state index is -0.300. The van der Waals surface area contributed by atoms with Gasteiger partial charge in [0.2, 0.25) is 0 Å². The highest BCUT2D eigenvalue weighted by Crippen LogP contribution is 2.42. The summed E-state index contributed by atoms with van der Waals surface area (Å²) < 4.78 is 10.8. The van der Waals surface area contributed by atoms with Gasteiger partial charge in [0.1, 0.15) is 16.4 Å². The molecule has 34 heavy (non-hydrogen) atoms. The van der Waals surface area contributed by atoms with Gasteiger partial charge in [-0.3, -0.25) is 4.79 Å². The number of amides is 1. The number of benzene rings is 1. The highest BCUT2D eigenvalue weighted by atomic mass is 32.1. The quantitative estimate of drug-likeness (QED) is 0.518. The van der Waals surface area contributed by atoms with E-state index in [4.69, 9.17) is 14.5 Å². The van der Waals surface area contributed by atoms with Crippen LogP contribution in [0.1, 0.15) is 39.1 Å². The number of hydrogen-bond acceptors (Lipinski definition) is 7. The predicted octanol–water partition coefficient (Wildman–Crippen LogP) is 4.42. The lowest BCUT2D eigenvalue weighted by Gasteiger charge is -2.24. The van der Waals surface area contributed by atoms with Crippen LogP contribution in [-0.4, -0.2) is 56.3 Å². The van der Waals surface area contributed by atoms with Gasteiger partial charge < -0.3 is 19.3 Å². The van der Waals surface area contributed by atoms with Gasteiger partial charge in [-0.1, -0.05) is 24.3 Å². The molecule has 0 saturated carbocycles. The average Bonchev–Trinajstić information content (AvgIpc) is 3.02. The Kier molecular flexibility index (Phi) is 6.60. The van der Waals surface area contributed by atoms with E-state index in [0.29, 0.717) is 36.8 Å². The van der Waals surface area contributed by atoms with Crippen molar-refractivity contribution in [2.75, 3.05) is 49.3 Å². The number of carbonyl (C=O) groups excluding carboxylic acids is 2. The van der Waals surface area contributed by atoms with Crippen molar-refractivity contribution in [1.29, 1.82) is 0 Å². The van der Waals surface area contributed by atoms with Crippen LogP contribution < -0.4 is 9.80 Å². The number of carbonyl (C=O) groups is 2. The van der Waals surface area contributed by atoms with Gasteiger partial charge in [0.25, 0.3) is 5.91 Å². The first-order chi connectivity index (χ1) is 16.7. The molecular formula is C26H27N3O4S. The zero-order valence-corrected chi connectivity index (χ0v) is 20.0. The molecule has 3 aromatic rings. The summed E-state index contributed by atoms with van der Waals surface area (Å²) >= 11 is 1.43. The molecule has 2 aromatic heterocycles. The van der Waals surface area contributed by atoms with Crippen molar-refractivity contribution in [2.45, 2.75) is 19.8 Å². The largest absolute Gasteiger partial charge is 0.462 e. The molecule has 2 aliphatic rings. The van der Waals surface area contributed by atoms with Crippen LogP contribution in [0.5, 0.6) is 0 Å². The summed E-state index contributed by atoms with van der Waals surface area (Å²) in [4.78, 5) is 36.3. The SMILES string of the molecule is CCOC(=O)c1cc2c(s1)-c1ccccc1N(C(=O)c1cccc(N3CCCOCC3)n1)CC2. The van der Waals surface area contributed by atoms with Crippen molar-refractivity contribution in [2.24, 2.45) is 0 Å². The third kappa shape index (κ3) is 4.43. The number of esters is 1. The number of pyridine rings is 1. The minimum Gasteiger partial charge on any atom is -0.462 e. The summed E-state index contributed by atoms with van der Waals surface area (Å²) in [6.07, 6.45) is 1.59. The Labute approximate surface area is 202 Å². The van der Waals surface area contributed by atoms with Crippen LogP contribution in [0.25, 0.3) is 10.4 Å². The Hall–Kier alpha value is -3.23. The monoisotopic (exact) mass is 477 g/mol. The van der Waals surface area contributed by atoms with Gasteiger partial charge in [-0.05, 0) is 49.6 Å². The van der Waals surface area contributed by atoms with E-state index in [0.717, 1.165) is 53.6 Å². The number of nitrogens with zero attached hydrogens (tertiary/aromatic N) is 3. The molecule has 176 valence electrons. The van der Waals surface area contributed by atoms with E-state index in [1.165, 1.54) is 11.3 Å². The summed E-state index contributed by atoms with van der Waals surface area (Å²) in [6.45, 7) is 5.69. The Morgan fingerprint density at radius 3 is 2.85 bits per heavy atom. The van der Waals surface area contributed by atoms with Gasteiger partial charge in [-0.15, -0.1) is 11.3 Å². The highest BCUT2D eigenvalue weighted by Gasteiger charge is 2.28. The standard InChI is InChI=1S/C26H27N3O4S/c1-2-33-26(31)22-17-18-11-13-29(21-9-4-3-7-19(21)24(18)34-22)25(30)20-8-5-10-23(27-20)28-12-6-15-32-16-14-28/h3-5,7-10,17H,2,6,11-16H2,1H3. The zero-order chi connectivity index (χ0) is 23.5. The van der Waals surface area contributed by atoms with Gasteiger partial charge in [-0.25, -0.2) is 9.78 Å². The summed E-state index contributed by atoms with van der Waals surface area (Å²) in [5.41, 5.74) is 3.26. The highest BCUT2D eigenvalue weighted by molar-refractivity contribution is 7.17. The Morgan fingerprint density at radius 1 is 1.09 bits per heavy atom. The maximum Gasteiger partial charge on any atom is 0.348 e. The Morgan fingerprint density at radius 2 is 1.97 bits per heavy atom. The average molecular weight is 478 g/mol. The second kappa shape index (κ2) is 9.95. The molecule has 1 aromatic carbocycles. The summed E-state index contributed by atoms with van der Waals surface area (Å²) in [7, 11) is 0. The maximum absolute atomic E-state index is 13.7. The molecular weight excluding hydrogens is 450 g/mol. The van der Waals surface area contributed by atoms with Crippen LogP contribution in [0, 0.1) is 0 Å². The van der Waals surface area contributed by atoms with Crippen LogP contribution in [0.15, 0.2) is 48.5 Å². The fraction of sp³-hybridized carbons (Fsp3) is 0.346. The van der Waals surface area contributed by atoms with Crippen LogP contribution >= 0.6 is 11.3 Å². The molecule has 0 bridgehead atoms. The third-order valence-corrected chi connectivity index (χ3v) is 7.27. The molecule has 0 aliphatic carbocycles. The second-order valence-corrected chi connectivity index (χ2v) is 9.30. The van der Waals surface area contributed by atoms with Crippen LogP contribution in [-0.2, 0) is 15.9 Å². The molecule has 1 amide bonds. The van der Waals surface area contributed by atoms with E-state index in [9.17, 15) is 9.59 Å². The Bertz CT molecular complexity index is 1200. The number of anilines is 2. The van der Waals surface area contributed by atoms with Crippen molar-refractivity contribution >= 4 is 34.7 Å². The van der Waals surface area contributed by atoms with E-state index in [1.54, 1.807) is 13.0 Å². The molecule has 4 heterocycles. The lowest BCUT2D eigenvalue weighted by atomic mass is 10.1. The molecule has 1 saturated heterocycles. The summed E-state index contributed by atoms with van der Waals surface area (Å²) in [5, 5.41) is 0. The number of rotatable bonds is 4. The van der Waals surface area contributed by atoms with Gasteiger partial charge in [0, 0.05) is 36.7 Å². The molecule has 8 heteroatoms.